The molecule has 0 saturated carbocycles. The van der Waals surface area contributed by atoms with Crippen LogP contribution in [0.15, 0.2) is 64.5 Å². The smallest absolute Gasteiger partial charge is 0.132 e. The Kier molecular flexibility index (Phi) is 6.85. The summed E-state index contributed by atoms with van der Waals surface area (Å²) >= 11 is 0. The van der Waals surface area contributed by atoms with Crippen molar-refractivity contribution in [3.63, 3.8) is 0 Å². The molecule has 5 nitrogen and oxygen atoms in total. The number of ether oxygens (including phenoxy) is 1. The van der Waals surface area contributed by atoms with Gasteiger partial charge in [0.1, 0.15) is 17.6 Å². The molecule has 0 aliphatic rings. The monoisotopic (exact) mass is 330 g/mol. The summed E-state index contributed by atoms with van der Waals surface area (Å²) in [4.78, 5) is 0. The van der Waals surface area contributed by atoms with Gasteiger partial charge in [-0.25, -0.2) is 0 Å². The maximum absolute atomic E-state index is 10.1. The molecule has 1 aromatic heterocycles. The second kappa shape index (κ2) is 9.11. The van der Waals surface area contributed by atoms with E-state index in [0.717, 1.165) is 5.57 Å². The van der Waals surface area contributed by atoms with E-state index in [1.165, 1.54) is 12.3 Å². The largest absolute Gasteiger partial charge is 0.508 e. The van der Waals surface area contributed by atoms with Crippen molar-refractivity contribution in [3.05, 3.63) is 71.4 Å². The molecule has 3 N–H and O–H groups in total. The topological polar surface area (TPSA) is 83.1 Å². The highest BCUT2D eigenvalue weighted by Gasteiger charge is 2.13. The van der Waals surface area contributed by atoms with Gasteiger partial charge in [0.05, 0.1) is 19.0 Å². The Morgan fingerprint density at radius 3 is 2.75 bits per heavy atom. The first-order valence-electron chi connectivity index (χ1n) is 7.70. The Morgan fingerprint density at radius 1 is 1.25 bits per heavy atom. The van der Waals surface area contributed by atoms with Gasteiger partial charge in [-0.3, -0.25) is 0 Å². The average Bonchev–Trinajstić information content (AvgIpc) is 3.09. The van der Waals surface area contributed by atoms with Gasteiger partial charge in [-0.1, -0.05) is 12.1 Å². The molecule has 2 atom stereocenters. The Labute approximate surface area is 141 Å². The molecule has 2 rings (SSSR count). The van der Waals surface area contributed by atoms with Gasteiger partial charge < -0.3 is 24.5 Å². The quantitative estimate of drug-likeness (QED) is 0.647. The molecule has 24 heavy (non-hydrogen) atoms. The second-order valence-electron chi connectivity index (χ2n) is 5.47. The molecule has 5 heteroatoms. The molecule has 0 amide bonds. The van der Waals surface area contributed by atoms with E-state index in [0.29, 0.717) is 30.8 Å². The number of hydrogen-bond donors (Lipinski definition) is 3. The number of phenols is 1. The van der Waals surface area contributed by atoms with Gasteiger partial charge in [-0.15, -0.1) is 5.73 Å². The maximum atomic E-state index is 10.1. The van der Waals surface area contributed by atoms with Gasteiger partial charge in [0.15, 0.2) is 0 Å². The van der Waals surface area contributed by atoms with Crippen LogP contribution in [-0.2, 0) is 4.74 Å². The van der Waals surface area contributed by atoms with Crippen LogP contribution in [0.2, 0.25) is 0 Å². The fourth-order valence-electron chi connectivity index (χ4n) is 2.33. The van der Waals surface area contributed by atoms with Crippen molar-refractivity contribution < 1.29 is 24.5 Å². The van der Waals surface area contributed by atoms with E-state index in [2.05, 4.69) is 5.73 Å². The van der Waals surface area contributed by atoms with Crippen molar-refractivity contribution >= 4 is 0 Å². The highest BCUT2D eigenvalue weighted by atomic mass is 16.5. The molecule has 0 saturated heterocycles. The highest BCUT2D eigenvalue weighted by Crippen LogP contribution is 2.23. The summed E-state index contributed by atoms with van der Waals surface area (Å²) in [5.74, 6) is 0.609. The van der Waals surface area contributed by atoms with E-state index in [9.17, 15) is 15.3 Å². The molecule has 0 radical (unpaired) electrons. The molecule has 0 fully saturated rings. The lowest BCUT2D eigenvalue weighted by Gasteiger charge is -2.10. The van der Waals surface area contributed by atoms with Crippen LogP contribution < -0.4 is 0 Å². The summed E-state index contributed by atoms with van der Waals surface area (Å²) in [5, 5.41) is 29.7. The highest BCUT2D eigenvalue weighted by molar-refractivity contribution is 5.28. The summed E-state index contributed by atoms with van der Waals surface area (Å²) in [5.41, 5.74) is 4.48. The number of benzene rings is 1. The zero-order valence-corrected chi connectivity index (χ0v) is 13.6. The van der Waals surface area contributed by atoms with Crippen LogP contribution in [0.1, 0.15) is 36.4 Å². The molecule has 0 unspecified atom stereocenters. The number of aliphatic hydroxyl groups is 2. The van der Waals surface area contributed by atoms with E-state index in [1.807, 2.05) is 0 Å². The van der Waals surface area contributed by atoms with E-state index in [1.54, 1.807) is 43.5 Å². The molecular weight excluding hydrogens is 308 g/mol. The first-order valence-corrected chi connectivity index (χ1v) is 7.70. The van der Waals surface area contributed by atoms with Gasteiger partial charge in [-0.2, -0.15) is 0 Å². The van der Waals surface area contributed by atoms with Crippen molar-refractivity contribution in [1.29, 1.82) is 0 Å². The summed E-state index contributed by atoms with van der Waals surface area (Å²) in [7, 11) is 1.57. The minimum atomic E-state index is -0.762. The molecule has 1 aromatic carbocycles. The van der Waals surface area contributed by atoms with Crippen molar-refractivity contribution in [1.82, 2.24) is 0 Å². The predicted molar refractivity (Wildman–Crippen MR) is 89.4 cm³/mol. The van der Waals surface area contributed by atoms with Crippen LogP contribution in [0.5, 0.6) is 5.75 Å². The summed E-state index contributed by atoms with van der Waals surface area (Å²) in [6.45, 7) is 0.330. The molecular formula is C19H22O5. The number of methoxy groups -OCH3 is 1. The Bertz CT molecular complexity index is 684. The third-order valence-corrected chi connectivity index (χ3v) is 3.53. The second-order valence-corrected chi connectivity index (χ2v) is 5.47. The molecule has 2 aromatic rings. The van der Waals surface area contributed by atoms with Crippen LogP contribution in [0.25, 0.3) is 0 Å². The molecule has 1 heterocycles. The van der Waals surface area contributed by atoms with Crippen molar-refractivity contribution in [3.8, 4) is 5.75 Å². The summed E-state index contributed by atoms with van der Waals surface area (Å²) in [6.07, 6.45) is 2.40. The fraction of sp³-hybridized carbons (Fsp3) is 0.316. The first-order chi connectivity index (χ1) is 11.6. The molecule has 128 valence electrons. The lowest BCUT2D eigenvalue weighted by Crippen LogP contribution is -2.02. The minimum absolute atomic E-state index is 0.118. The summed E-state index contributed by atoms with van der Waals surface area (Å²) in [6, 6.07) is 9.95. The molecule has 0 bridgehead atoms. The zero-order chi connectivity index (χ0) is 17.4. The number of aliphatic hydroxyl groups excluding tert-OH is 2. The zero-order valence-electron chi connectivity index (χ0n) is 13.6. The number of aromatic hydroxyl groups is 1. The third kappa shape index (κ3) is 5.41. The summed E-state index contributed by atoms with van der Waals surface area (Å²) < 4.78 is 10.3. The number of rotatable bonds is 8. The van der Waals surface area contributed by atoms with E-state index >= 15 is 0 Å². The number of furan rings is 1. The van der Waals surface area contributed by atoms with Gasteiger partial charge >= 0.3 is 0 Å². The van der Waals surface area contributed by atoms with Crippen LogP contribution in [0.4, 0.5) is 0 Å². The Hall–Kier alpha value is -2.30. The lowest BCUT2D eigenvalue weighted by atomic mass is 10.0. The Morgan fingerprint density at radius 2 is 2.08 bits per heavy atom. The predicted octanol–water partition coefficient (Wildman–Crippen LogP) is 3.26. The van der Waals surface area contributed by atoms with Gasteiger partial charge in [0.2, 0.25) is 0 Å². The van der Waals surface area contributed by atoms with Gasteiger partial charge in [-0.05, 0) is 35.9 Å². The number of phenolic OH excluding ortho intramolecular Hbond substituents is 1. The lowest BCUT2D eigenvalue weighted by molar-refractivity contribution is 0.141. The molecule has 0 spiro atoms. The fourth-order valence-corrected chi connectivity index (χ4v) is 2.33. The maximum Gasteiger partial charge on any atom is 0.132 e. The standard InChI is InChI=1S/C19H22O5/c1-23-13-14(11-18(22)19-9-4-10-24-19)5-2-8-17(21)15-6-3-7-16(20)12-15/h2-4,6-7,9-10,12,17-18,20-22H,8,11,13H2,1H3/t5?,17-,18-/m1/s1. The van der Waals surface area contributed by atoms with Crippen LogP contribution in [0.3, 0.4) is 0 Å². The SMILES string of the molecule is COCC(=C=CC[C@@H](O)c1cccc(O)c1)C[C@@H](O)c1ccco1. The number of hydrogen-bond acceptors (Lipinski definition) is 5. The van der Waals surface area contributed by atoms with Gasteiger partial charge in [0.25, 0.3) is 0 Å². The minimum Gasteiger partial charge on any atom is -0.508 e. The van der Waals surface area contributed by atoms with Crippen molar-refractivity contribution in [2.45, 2.75) is 25.0 Å². The molecule has 0 aliphatic carbocycles. The van der Waals surface area contributed by atoms with Crippen LogP contribution in [0, 0.1) is 0 Å². The van der Waals surface area contributed by atoms with E-state index in [4.69, 9.17) is 9.15 Å². The van der Waals surface area contributed by atoms with Gasteiger partial charge in [0, 0.05) is 25.5 Å². The van der Waals surface area contributed by atoms with Crippen LogP contribution >= 0.6 is 0 Å². The van der Waals surface area contributed by atoms with E-state index < -0.39 is 12.2 Å². The Balaban J connectivity index is 2.02. The van der Waals surface area contributed by atoms with Crippen molar-refractivity contribution in [2.75, 3.05) is 13.7 Å². The normalized spacial score (nSPS) is 13.1. The third-order valence-electron chi connectivity index (χ3n) is 3.53. The molecule has 0 aliphatic heterocycles. The van der Waals surface area contributed by atoms with Crippen LogP contribution in [-0.4, -0.2) is 29.0 Å². The average molecular weight is 330 g/mol. The first kappa shape index (κ1) is 18.0. The van der Waals surface area contributed by atoms with Crippen molar-refractivity contribution in [2.24, 2.45) is 0 Å². The van der Waals surface area contributed by atoms with E-state index in [-0.39, 0.29) is 5.75 Å².